The van der Waals surface area contributed by atoms with Gasteiger partial charge in [-0.25, -0.2) is 5.43 Å². The maximum atomic E-state index is 12.4. The second kappa shape index (κ2) is 8.43. The van der Waals surface area contributed by atoms with Gasteiger partial charge in [0, 0.05) is 10.4 Å². The summed E-state index contributed by atoms with van der Waals surface area (Å²) < 4.78 is 16.0. The van der Waals surface area contributed by atoms with Crippen LogP contribution in [0.3, 0.4) is 0 Å². The smallest absolute Gasteiger partial charge is 0.281 e. The largest absolute Gasteiger partial charge is 0.493 e. The van der Waals surface area contributed by atoms with E-state index >= 15 is 0 Å². The highest BCUT2D eigenvalue weighted by molar-refractivity contribution is 7.14. The molecule has 1 N–H and O–H groups in total. The van der Waals surface area contributed by atoms with Gasteiger partial charge in [-0.2, -0.15) is 5.10 Å². The molecule has 1 atom stereocenters. The summed E-state index contributed by atoms with van der Waals surface area (Å²) in [5.41, 5.74) is 4.57. The monoisotopic (exact) mass is 388 g/mol. The summed E-state index contributed by atoms with van der Waals surface area (Å²) in [6.45, 7) is 2.25. The lowest BCUT2D eigenvalue weighted by atomic mass is 9.90. The SMILES string of the molecule is COc1ccc(/C=N\NC(=O)c2cc3c(s2)CC[C@@H](C)C3)c(OC)c1OC. The van der Waals surface area contributed by atoms with Crippen LogP contribution in [0, 0.1) is 5.92 Å². The Morgan fingerprint density at radius 1 is 1.22 bits per heavy atom. The number of hydrogen-bond donors (Lipinski definition) is 1. The quantitative estimate of drug-likeness (QED) is 0.606. The summed E-state index contributed by atoms with van der Waals surface area (Å²) in [7, 11) is 4.65. The Morgan fingerprint density at radius 3 is 2.70 bits per heavy atom. The molecule has 0 aliphatic heterocycles. The first-order valence-corrected chi connectivity index (χ1v) is 9.63. The Bertz CT molecular complexity index is 860. The maximum Gasteiger partial charge on any atom is 0.281 e. The summed E-state index contributed by atoms with van der Waals surface area (Å²) in [5, 5.41) is 4.08. The van der Waals surface area contributed by atoms with Gasteiger partial charge in [0.15, 0.2) is 11.5 Å². The Morgan fingerprint density at radius 2 is 2.00 bits per heavy atom. The molecule has 6 nitrogen and oxygen atoms in total. The minimum atomic E-state index is -0.197. The van der Waals surface area contributed by atoms with Gasteiger partial charge >= 0.3 is 0 Å². The van der Waals surface area contributed by atoms with Gasteiger partial charge in [-0.1, -0.05) is 6.92 Å². The van der Waals surface area contributed by atoms with E-state index in [1.54, 1.807) is 44.8 Å². The van der Waals surface area contributed by atoms with Crippen LogP contribution in [-0.4, -0.2) is 33.5 Å². The average Bonchev–Trinajstić information content (AvgIpc) is 3.10. The number of carbonyl (C=O) groups is 1. The predicted octanol–water partition coefficient (Wildman–Crippen LogP) is 3.66. The molecule has 1 aliphatic rings. The van der Waals surface area contributed by atoms with Crippen LogP contribution in [0.15, 0.2) is 23.3 Å². The number of methoxy groups -OCH3 is 3. The fourth-order valence-electron chi connectivity index (χ4n) is 3.26. The van der Waals surface area contributed by atoms with E-state index in [0.29, 0.717) is 33.6 Å². The fraction of sp³-hybridized carbons (Fsp3) is 0.400. The number of benzene rings is 1. The highest BCUT2D eigenvalue weighted by atomic mass is 32.1. The van der Waals surface area contributed by atoms with E-state index < -0.39 is 0 Å². The van der Waals surface area contributed by atoms with Crippen LogP contribution in [0.5, 0.6) is 17.2 Å². The van der Waals surface area contributed by atoms with E-state index in [1.807, 2.05) is 6.07 Å². The van der Waals surface area contributed by atoms with Crippen molar-refractivity contribution in [3.63, 3.8) is 0 Å². The second-order valence-corrected chi connectivity index (χ2v) is 7.67. The van der Waals surface area contributed by atoms with Crippen molar-refractivity contribution in [3.05, 3.63) is 39.1 Å². The summed E-state index contributed by atoms with van der Waals surface area (Å²) in [4.78, 5) is 14.4. The van der Waals surface area contributed by atoms with E-state index in [2.05, 4.69) is 17.5 Å². The first-order chi connectivity index (χ1) is 13.1. The molecule has 0 radical (unpaired) electrons. The fourth-order valence-corrected chi connectivity index (χ4v) is 4.36. The van der Waals surface area contributed by atoms with Gasteiger partial charge in [0.1, 0.15) is 0 Å². The van der Waals surface area contributed by atoms with Crippen molar-refractivity contribution in [2.75, 3.05) is 21.3 Å². The van der Waals surface area contributed by atoms with Crippen molar-refractivity contribution >= 4 is 23.5 Å². The summed E-state index contributed by atoms with van der Waals surface area (Å²) in [5.74, 6) is 2.02. The predicted molar refractivity (Wildman–Crippen MR) is 107 cm³/mol. The molecule has 1 aromatic carbocycles. The molecule has 1 heterocycles. The van der Waals surface area contributed by atoms with Crippen molar-refractivity contribution in [1.29, 1.82) is 0 Å². The molecular formula is C20H24N2O4S. The summed E-state index contributed by atoms with van der Waals surface area (Å²) in [6, 6.07) is 5.55. The van der Waals surface area contributed by atoms with Gasteiger partial charge in [0.25, 0.3) is 5.91 Å². The molecule has 1 amide bonds. The number of nitrogens with zero attached hydrogens (tertiary/aromatic N) is 1. The molecule has 0 saturated carbocycles. The Hall–Kier alpha value is -2.54. The van der Waals surface area contributed by atoms with Crippen LogP contribution in [0.2, 0.25) is 0 Å². The van der Waals surface area contributed by atoms with E-state index in [1.165, 1.54) is 23.1 Å². The molecular weight excluding hydrogens is 364 g/mol. The molecule has 0 fully saturated rings. The van der Waals surface area contributed by atoms with E-state index in [0.717, 1.165) is 12.8 Å². The summed E-state index contributed by atoms with van der Waals surface area (Å²) >= 11 is 1.56. The van der Waals surface area contributed by atoms with Crippen molar-refractivity contribution in [1.82, 2.24) is 5.43 Å². The van der Waals surface area contributed by atoms with E-state index in [4.69, 9.17) is 14.2 Å². The van der Waals surface area contributed by atoms with Gasteiger partial charge in [-0.3, -0.25) is 4.79 Å². The molecule has 0 bridgehead atoms. The van der Waals surface area contributed by atoms with Crippen molar-refractivity contribution in [2.45, 2.75) is 26.2 Å². The number of nitrogens with one attached hydrogen (secondary N) is 1. The standard InChI is InChI=1S/C20H24N2O4S/c1-12-5-8-16-14(9-12)10-17(27-16)20(23)22-21-11-13-6-7-15(24-2)19(26-4)18(13)25-3/h6-7,10-12H,5,8-9H2,1-4H3,(H,22,23)/b21-11-/t12-/m1/s1. The molecule has 0 saturated heterocycles. The highest BCUT2D eigenvalue weighted by Gasteiger charge is 2.20. The zero-order valence-electron chi connectivity index (χ0n) is 16.0. The molecule has 0 spiro atoms. The van der Waals surface area contributed by atoms with E-state index in [9.17, 15) is 4.79 Å². The topological polar surface area (TPSA) is 69.2 Å². The Kier molecular flexibility index (Phi) is 6.01. The first kappa shape index (κ1) is 19.2. The Balaban J connectivity index is 1.73. The number of aryl methyl sites for hydroxylation is 1. The maximum absolute atomic E-state index is 12.4. The lowest BCUT2D eigenvalue weighted by Gasteiger charge is -2.16. The lowest BCUT2D eigenvalue weighted by molar-refractivity contribution is 0.0959. The minimum absolute atomic E-state index is 0.197. The number of hydrogen-bond acceptors (Lipinski definition) is 6. The van der Waals surface area contributed by atoms with Crippen molar-refractivity contribution in [3.8, 4) is 17.2 Å². The zero-order chi connectivity index (χ0) is 19.4. The highest BCUT2D eigenvalue weighted by Crippen LogP contribution is 2.39. The molecule has 2 aromatic rings. The van der Waals surface area contributed by atoms with Crippen LogP contribution in [-0.2, 0) is 12.8 Å². The molecule has 0 unspecified atom stereocenters. The number of carbonyl (C=O) groups excluding carboxylic acids is 1. The average molecular weight is 388 g/mol. The molecule has 1 aliphatic carbocycles. The van der Waals surface area contributed by atoms with Gasteiger partial charge in [0.05, 0.1) is 32.4 Å². The van der Waals surface area contributed by atoms with Crippen molar-refractivity contribution < 1.29 is 19.0 Å². The minimum Gasteiger partial charge on any atom is -0.493 e. The number of rotatable bonds is 6. The number of amides is 1. The number of ether oxygens (including phenoxy) is 3. The number of fused-ring (bicyclic) bond motifs is 1. The number of hydrazone groups is 1. The first-order valence-electron chi connectivity index (χ1n) is 8.81. The third-order valence-electron chi connectivity index (χ3n) is 4.66. The van der Waals surface area contributed by atoms with Crippen LogP contribution >= 0.6 is 11.3 Å². The van der Waals surface area contributed by atoms with Crippen LogP contribution in [0.25, 0.3) is 0 Å². The molecule has 7 heteroatoms. The normalized spacial score (nSPS) is 16.1. The van der Waals surface area contributed by atoms with Gasteiger partial charge < -0.3 is 14.2 Å². The van der Waals surface area contributed by atoms with Crippen LogP contribution in [0.4, 0.5) is 0 Å². The molecule has 144 valence electrons. The van der Waals surface area contributed by atoms with Gasteiger partial charge in [-0.15, -0.1) is 11.3 Å². The lowest BCUT2D eigenvalue weighted by Crippen LogP contribution is -2.16. The van der Waals surface area contributed by atoms with E-state index in [-0.39, 0.29) is 5.91 Å². The summed E-state index contributed by atoms with van der Waals surface area (Å²) in [6.07, 6.45) is 4.83. The molecule has 3 rings (SSSR count). The molecule has 27 heavy (non-hydrogen) atoms. The van der Waals surface area contributed by atoms with Crippen LogP contribution < -0.4 is 19.6 Å². The van der Waals surface area contributed by atoms with Gasteiger partial charge in [-0.05, 0) is 48.9 Å². The van der Waals surface area contributed by atoms with Crippen molar-refractivity contribution in [2.24, 2.45) is 11.0 Å². The second-order valence-electron chi connectivity index (χ2n) is 6.53. The third-order valence-corrected chi connectivity index (χ3v) is 5.89. The van der Waals surface area contributed by atoms with Crippen LogP contribution in [0.1, 0.15) is 39.0 Å². The number of thiophene rings is 1. The Labute approximate surface area is 163 Å². The zero-order valence-corrected chi connectivity index (χ0v) is 16.8. The van der Waals surface area contributed by atoms with Gasteiger partial charge in [0.2, 0.25) is 5.75 Å². The molecule has 1 aromatic heterocycles. The third kappa shape index (κ3) is 4.08.